The standard InChI is InChI=1S/C14H24N2/c1-11(2)9-16(10-12(3)4)14-7-5-13(15)6-8-14/h5-8,11-12H,9-10,15H2,1-4H3. The highest BCUT2D eigenvalue weighted by Crippen LogP contribution is 2.19. The molecule has 0 heterocycles. The summed E-state index contributed by atoms with van der Waals surface area (Å²) in [6.45, 7) is 11.2. The second-order valence-electron chi connectivity index (χ2n) is 5.28. The van der Waals surface area contributed by atoms with E-state index in [1.807, 2.05) is 12.1 Å². The molecule has 0 amide bonds. The largest absolute Gasteiger partial charge is 0.399 e. The maximum atomic E-state index is 5.71. The van der Waals surface area contributed by atoms with Crippen LogP contribution in [0, 0.1) is 11.8 Å². The molecular weight excluding hydrogens is 196 g/mol. The van der Waals surface area contributed by atoms with Crippen LogP contribution in [0.1, 0.15) is 27.7 Å². The van der Waals surface area contributed by atoms with E-state index in [9.17, 15) is 0 Å². The number of rotatable bonds is 5. The minimum atomic E-state index is 0.677. The van der Waals surface area contributed by atoms with Crippen LogP contribution in [-0.2, 0) is 0 Å². The SMILES string of the molecule is CC(C)CN(CC(C)C)c1ccc(N)cc1. The lowest BCUT2D eigenvalue weighted by Gasteiger charge is -2.28. The van der Waals surface area contributed by atoms with Gasteiger partial charge in [-0.3, -0.25) is 0 Å². The first-order chi connectivity index (χ1) is 7.49. The van der Waals surface area contributed by atoms with Crippen molar-refractivity contribution in [3.05, 3.63) is 24.3 Å². The predicted molar refractivity (Wildman–Crippen MR) is 72.7 cm³/mol. The summed E-state index contributed by atoms with van der Waals surface area (Å²) in [4.78, 5) is 2.44. The van der Waals surface area contributed by atoms with Gasteiger partial charge in [0.05, 0.1) is 0 Å². The summed E-state index contributed by atoms with van der Waals surface area (Å²) in [7, 11) is 0. The van der Waals surface area contributed by atoms with Crippen molar-refractivity contribution in [2.24, 2.45) is 11.8 Å². The van der Waals surface area contributed by atoms with Crippen molar-refractivity contribution in [2.45, 2.75) is 27.7 Å². The average molecular weight is 220 g/mol. The molecule has 0 bridgehead atoms. The molecule has 0 radical (unpaired) electrons. The van der Waals surface area contributed by atoms with Gasteiger partial charge in [-0.1, -0.05) is 27.7 Å². The summed E-state index contributed by atoms with van der Waals surface area (Å²) in [6.07, 6.45) is 0. The Morgan fingerprint density at radius 3 is 1.75 bits per heavy atom. The first-order valence-electron chi connectivity index (χ1n) is 6.09. The van der Waals surface area contributed by atoms with Crippen molar-refractivity contribution in [1.29, 1.82) is 0 Å². The molecule has 0 aromatic heterocycles. The molecule has 2 N–H and O–H groups in total. The maximum Gasteiger partial charge on any atom is 0.0367 e. The van der Waals surface area contributed by atoms with Crippen LogP contribution in [-0.4, -0.2) is 13.1 Å². The van der Waals surface area contributed by atoms with E-state index in [0.29, 0.717) is 11.8 Å². The zero-order valence-electron chi connectivity index (χ0n) is 10.9. The highest BCUT2D eigenvalue weighted by Gasteiger charge is 2.09. The highest BCUT2D eigenvalue weighted by molar-refractivity contribution is 5.53. The number of hydrogen-bond donors (Lipinski definition) is 1. The van der Waals surface area contributed by atoms with Gasteiger partial charge >= 0.3 is 0 Å². The van der Waals surface area contributed by atoms with Crippen LogP contribution in [0.5, 0.6) is 0 Å². The van der Waals surface area contributed by atoms with Crippen molar-refractivity contribution in [3.8, 4) is 0 Å². The van der Waals surface area contributed by atoms with Gasteiger partial charge < -0.3 is 10.6 Å². The predicted octanol–water partition coefficient (Wildman–Crippen LogP) is 3.39. The summed E-state index contributed by atoms with van der Waals surface area (Å²) in [5, 5.41) is 0. The van der Waals surface area contributed by atoms with Crippen LogP contribution in [0.2, 0.25) is 0 Å². The monoisotopic (exact) mass is 220 g/mol. The molecule has 0 aliphatic heterocycles. The molecule has 0 aliphatic carbocycles. The van der Waals surface area contributed by atoms with E-state index in [4.69, 9.17) is 5.73 Å². The molecule has 1 aromatic carbocycles. The third-order valence-electron chi connectivity index (χ3n) is 2.43. The fourth-order valence-electron chi connectivity index (χ4n) is 1.85. The van der Waals surface area contributed by atoms with Crippen LogP contribution < -0.4 is 10.6 Å². The van der Waals surface area contributed by atoms with E-state index in [1.54, 1.807) is 0 Å². The summed E-state index contributed by atoms with van der Waals surface area (Å²) < 4.78 is 0. The smallest absolute Gasteiger partial charge is 0.0367 e. The number of nitrogens with two attached hydrogens (primary N) is 1. The molecule has 1 aromatic rings. The minimum absolute atomic E-state index is 0.677. The third-order valence-corrected chi connectivity index (χ3v) is 2.43. The lowest BCUT2D eigenvalue weighted by atomic mass is 10.1. The van der Waals surface area contributed by atoms with Gasteiger partial charge in [0.1, 0.15) is 0 Å². The van der Waals surface area contributed by atoms with Crippen molar-refractivity contribution >= 4 is 11.4 Å². The normalized spacial score (nSPS) is 11.1. The molecule has 16 heavy (non-hydrogen) atoms. The van der Waals surface area contributed by atoms with Crippen molar-refractivity contribution in [2.75, 3.05) is 23.7 Å². The van der Waals surface area contributed by atoms with E-state index in [-0.39, 0.29) is 0 Å². The van der Waals surface area contributed by atoms with E-state index in [0.717, 1.165) is 18.8 Å². The summed E-state index contributed by atoms with van der Waals surface area (Å²) in [5.41, 5.74) is 7.82. The van der Waals surface area contributed by atoms with Gasteiger partial charge in [-0.25, -0.2) is 0 Å². The van der Waals surface area contributed by atoms with Gasteiger partial charge in [0.25, 0.3) is 0 Å². The van der Waals surface area contributed by atoms with Gasteiger partial charge in [-0.05, 0) is 36.1 Å². The van der Waals surface area contributed by atoms with Crippen LogP contribution in [0.15, 0.2) is 24.3 Å². The first-order valence-corrected chi connectivity index (χ1v) is 6.09. The van der Waals surface area contributed by atoms with E-state index in [1.165, 1.54) is 5.69 Å². The molecule has 90 valence electrons. The lowest BCUT2D eigenvalue weighted by Crippen LogP contribution is -2.31. The Labute approximate surface area is 99.5 Å². The molecule has 2 heteroatoms. The first kappa shape index (κ1) is 12.9. The molecule has 0 aliphatic rings. The Hall–Kier alpha value is -1.18. The molecule has 0 saturated heterocycles. The third kappa shape index (κ3) is 4.13. The van der Waals surface area contributed by atoms with Gasteiger partial charge in [0, 0.05) is 24.5 Å². The van der Waals surface area contributed by atoms with E-state index in [2.05, 4.69) is 44.7 Å². The van der Waals surface area contributed by atoms with Crippen molar-refractivity contribution < 1.29 is 0 Å². The average Bonchev–Trinajstić information content (AvgIpc) is 2.16. The van der Waals surface area contributed by atoms with Crippen LogP contribution >= 0.6 is 0 Å². The molecule has 0 saturated carbocycles. The number of nitrogens with zero attached hydrogens (tertiary/aromatic N) is 1. The topological polar surface area (TPSA) is 29.3 Å². The van der Waals surface area contributed by atoms with Crippen molar-refractivity contribution in [3.63, 3.8) is 0 Å². The lowest BCUT2D eigenvalue weighted by molar-refractivity contribution is 0.553. The van der Waals surface area contributed by atoms with Gasteiger partial charge in [-0.2, -0.15) is 0 Å². The Kier molecular flexibility index (Phi) is 4.66. The minimum Gasteiger partial charge on any atom is -0.399 e. The molecule has 0 atom stereocenters. The van der Waals surface area contributed by atoms with Gasteiger partial charge in [0.2, 0.25) is 0 Å². The van der Waals surface area contributed by atoms with Gasteiger partial charge in [0.15, 0.2) is 0 Å². The Bertz CT molecular complexity index is 291. The zero-order valence-corrected chi connectivity index (χ0v) is 10.9. The highest BCUT2D eigenvalue weighted by atomic mass is 15.1. The fraction of sp³-hybridized carbons (Fsp3) is 0.571. The van der Waals surface area contributed by atoms with E-state index < -0.39 is 0 Å². The zero-order chi connectivity index (χ0) is 12.1. The quantitative estimate of drug-likeness (QED) is 0.771. The van der Waals surface area contributed by atoms with Crippen molar-refractivity contribution in [1.82, 2.24) is 0 Å². The van der Waals surface area contributed by atoms with E-state index >= 15 is 0 Å². The van der Waals surface area contributed by atoms with Crippen LogP contribution in [0.3, 0.4) is 0 Å². The molecule has 2 nitrogen and oxygen atoms in total. The van der Waals surface area contributed by atoms with Gasteiger partial charge in [-0.15, -0.1) is 0 Å². The number of hydrogen-bond acceptors (Lipinski definition) is 2. The van der Waals surface area contributed by atoms with Crippen LogP contribution in [0.4, 0.5) is 11.4 Å². The Morgan fingerprint density at radius 1 is 0.938 bits per heavy atom. The maximum absolute atomic E-state index is 5.71. The second-order valence-corrected chi connectivity index (χ2v) is 5.28. The summed E-state index contributed by atoms with van der Waals surface area (Å²) in [5.74, 6) is 1.35. The Morgan fingerprint density at radius 2 is 1.38 bits per heavy atom. The summed E-state index contributed by atoms with van der Waals surface area (Å²) in [6, 6.07) is 8.17. The number of nitrogen functional groups attached to an aromatic ring is 1. The molecule has 0 spiro atoms. The number of anilines is 2. The molecule has 0 fully saturated rings. The molecular formula is C14H24N2. The summed E-state index contributed by atoms with van der Waals surface area (Å²) >= 11 is 0. The fourth-order valence-corrected chi connectivity index (χ4v) is 1.85. The Balaban J connectivity index is 2.78. The molecule has 1 rings (SSSR count). The molecule has 0 unspecified atom stereocenters. The number of benzene rings is 1. The second kappa shape index (κ2) is 5.78. The van der Waals surface area contributed by atoms with Crippen LogP contribution in [0.25, 0.3) is 0 Å².